The SMILES string of the molecule is COc1cnc(OC)c2c1C(C(=O)C(=O)N1CCC(=C(C#N)c3ccsc3)CC1)CN2. The van der Waals surface area contributed by atoms with Crippen molar-refractivity contribution < 1.29 is 19.1 Å². The standard InChI is InChI=1S/C22H22N4O4S/c1-29-17-11-25-21(30-2)19-18(17)16(10-24-19)20(27)22(28)26-6-3-13(4-7-26)15(9-23)14-5-8-31-12-14/h5,8,11-12,16,24H,3-4,6-7,10H2,1-2H3. The second-order valence-electron chi connectivity index (χ2n) is 7.32. The van der Waals surface area contributed by atoms with Crippen LogP contribution in [0.1, 0.15) is 29.9 Å². The lowest BCUT2D eigenvalue weighted by molar-refractivity contribution is -0.145. The van der Waals surface area contributed by atoms with Gasteiger partial charge in [0.1, 0.15) is 11.4 Å². The molecule has 1 saturated heterocycles. The first-order valence-corrected chi connectivity index (χ1v) is 10.9. The Labute approximate surface area is 184 Å². The van der Waals surface area contributed by atoms with Crippen LogP contribution >= 0.6 is 11.3 Å². The predicted octanol–water partition coefficient (Wildman–Crippen LogP) is 2.84. The Hall–Kier alpha value is -3.38. The highest BCUT2D eigenvalue weighted by Gasteiger charge is 2.39. The summed E-state index contributed by atoms with van der Waals surface area (Å²) < 4.78 is 10.6. The fourth-order valence-electron chi connectivity index (χ4n) is 4.14. The summed E-state index contributed by atoms with van der Waals surface area (Å²) in [5.74, 6) is -0.838. The van der Waals surface area contributed by atoms with Gasteiger partial charge in [-0.3, -0.25) is 9.59 Å². The van der Waals surface area contributed by atoms with Crippen molar-refractivity contribution in [2.75, 3.05) is 39.2 Å². The van der Waals surface area contributed by atoms with Crippen LogP contribution in [0.5, 0.6) is 11.6 Å². The highest BCUT2D eigenvalue weighted by Crippen LogP contribution is 2.43. The quantitative estimate of drug-likeness (QED) is 0.565. The first kappa shape index (κ1) is 20.9. The third kappa shape index (κ3) is 3.75. The number of fused-ring (bicyclic) bond motifs is 1. The van der Waals surface area contributed by atoms with Gasteiger partial charge >= 0.3 is 0 Å². The van der Waals surface area contributed by atoms with Crippen molar-refractivity contribution in [3.8, 4) is 17.7 Å². The van der Waals surface area contributed by atoms with Crippen LogP contribution in [0, 0.1) is 11.3 Å². The average molecular weight is 439 g/mol. The van der Waals surface area contributed by atoms with E-state index < -0.39 is 17.6 Å². The molecule has 0 bridgehead atoms. The van der Waals surface area contributed by atoms with E-state index in [-0.39, 0.29) is 6.54 Å². The number of nitrogens with zero attached hydrogens (tertiary/aromatic N) is 3. The van der Waals surface area contributed by atoms with Crippen LogP contribution < -0.4 is 14.8 Å². The summed E-state index contributed by atoms with van der Waals surface area (Å²) in [4.78, 5) is 31.9. The second-order valence-corrected chi connectivity index (χ2v) is 8.10. The molecule has 2 aromatic rings. The van der Waals surface area contributed by atoms with Gasteiger partial charge in [-0.05, 0) is 35.2 Å². The number of carbonyl (C=O) groups excluding carboxylic acids is 2. The van der Waals surface area contributed by atoms with Crippen molar-refractivity contribution in [1.29, 1.82) is 5.26 Å². The Balaban J connectivity index is 1.51. The predicted molar refractivity (Wildman–Crippen MR) is 116 cm³/mol. The van der Waals surface area contributed by atoms with Gasteiger partial charge in [0.2, 0.25) is 11.7 Å². The second kappa shape index (κ2) is 8.78. The van der Waals surface area contributed by atoms with E-state index in [2.05, 4.69) is 16.4 Å². The molecule has 1 fully saturated rings. The summed E-state index contributed by atoms with van der Waals surface area (Å²) in [6, 6.07) is 4.23. The lowest BCUT2D eigenvalue weighted by Crippen LogP contribution is -2.42. The molecule has 0 radical (unpaired) electrons. The number of amides is 1. The Morgan fingerprint density at radius 3 is 2.68 bits per heavy atom. The minimum Gasteiger partial charge on any atom is -0.495 e. The lowest BCUT2D eigenvalue weighted by Gasteiger charge is -2.29. The number of aromatic nitrogens is 1. The van der Waals surface area contributed by atoms with Gasteiger partial charge in [0.25, 0.3) is 5.91 Å². The van der Waals surface area contributed by atoms with Crippen molar-refractivity contribution in [2.45, 2.75) is 18.8 Å². The van der Waals surface area contributed by atoms with E-state index in [0.29, 0.717) is 54.4 Å². The maximum atomic E-state index is 13.1. The van der Waals surface area contributed by atoms with Crippen LogP contribution in [0.25, 0.3) is 5.57 Å². The van der Waals surface area contributed by atoms with Crippen LogP contribution in [0.2, 0.25) is 0 Å². The number of hydrogen-bond donors (Lipinski definition) is 1. The molecule has 0 spiro atoms. The number of anilines is 1. The zero-order chi connectivity index (χ0) is 22.0. The van der Waals surface area contributed by atoms with Gasteiger partial charge in [-0.1, -0.05) is 0 Å². The van der Waals surface area contributed by atoms with Gasteiger partial charge in [0.15, 0.2) is 0 Å². The van der Waals surface area contributed by atoms with Crippen LogP contribution in [-0.2, 0) is 9.59 Å². The maximum absolute atomic E-state index is 13.1. The molecule has 4 rings (SSSR count). The molecule has 1 amide bonds. The van der Waals surface area contributed by atoms with E-state index in [1.54, 1.807) is 16.2 Å². The Morgan fingerprint density at radius 1 is 1.29 bits per heavy atom. The molecule has 31 heavy (non-hydrogen) atoms. The minimum atomic E-state index is -0.660. The number of thiophene rings is 1. The minimum absolute atomic E-state index is 0.286. The molecule has 0 aliphatic carbocycles. The van der Waals surface area contributed by atoms with Gasteiger partial charge in [-0.2, -0.15) is 16.6 Å². The molecule has 4 heterocycles. The van der Waals surface area contributed by atoms with Gasteiger partial charge in [0.05, 0.1) is 38.0 Å². The van der Waals surface area contributed by atoms with Gasteiger partial charge in [0, 0.05) is 30.8 Å². The number of rotatable bonds is 5. The van der Waals surface area contributed by atoms with Crippen LogP contribution in [-0.4, -0.2) is 55.4 Å². The van der Waals surface area contributed by atoms with Crippen LogP contribution in [0.4, 0.5) is 5.69 Å². The zero-order valence-electron chi connectivity index (χ0n) is 17.3. The van der Waals surface area contributed by atoms with Crippen molar-refractivity contribution in [3.63, 3.8) is 0 Å². The molecule has 2 aromatic heterocycles. The van der Waals surface area contributed by atoms with Gasteiger partial charge in [-0.15, -0.1) is 0 Å². The van der Waals surface area contributed by atoms with E-state index in [1.165, 1.54) is 20.4 Å². The maximum Gasteiger partial charge on any atom is 0.290 e. The molecule has 0 saturated carbocycles. The van der Waals surface area contributed by atoms with Crippen molar-refractivity contribution in [2.24, 2.45) is 0 Å². The first-order chi connectivity index (χ1) is 15.1. The summed E-state index contributed by atoms with van der Waals surface area (Å²) >= 11 is 1.55. The van der Waals surface area contributed by atoms with Crippen molar-refractivity contribution in [3.05, 3.63) is 39.7 Å². The van der Waals surface area contributed by atoms with E-state index >= 15 is 0 Å². The Kier molecular flexibility index (Phi) is 5.91. The number of ketones is 1. The van der Waals surface area contributed by atoms with E-state index in [9.17, 15) is 14.9 Å². The molecule has 8 nitrogen and oxygen atoms in total. The number of ether oxygens (including phenoxy) is 2. The molecule has 2 aliphatic rings. The Morgan fingerprint density at radius 2 is 2.06 bits per heavy atom. The molecule has 0 aromatic carbocycles. The summed E-state index contributed by atoms with van der Waals surface area (Å²) in [6.07, 6.45) is 2.66. The molecule has 9 heteroatoms. The Bertz CT molecular complexity index is 1080. The van der Waals surface area contributed by atoms with Gasteiger partial charge < -0.3 is 19.7 Å². The zero-order valence-corrected chi connectivity index (χ0v) is 18.1. The third-order valence-electron chi connectivity index (χ3n) is 5.75. The first-order valence-electron chi connectivity index (χ1n) is 9.91. The topological polar surface area (TPSA) is 105 Å². The van der Waals surface area contributed by atoms with E-state index in [0.717, 1.165) is 11.1 Å². The number of carbonyl (C=O) groups is 2. The molecule has 1 atom stereocenters. The smallest absolute Gasteiger partial charge is 0.290 e. The number of nitrogens with one attached hydrogen (secondary N) is 1. The number of likely N-dealkylation sites (tertiary alicyclic amines) is 1. The van der Waals surface area contributed by atoms with E-state index in [1.807, 2.05) is 16.8 Å². The van der Waals surface area contributed by atoms with Crippen molar-refractivity contribution in [1.82, 2.24) is 9.88 Å². The average Bonchev–Trinajstić information content (AvgIpc) is 3.49. The fraction of sp³-hybridized carbons (Fsp3) is 0.364. The molecular formula is C22H22N4O4S. The lowest BCUT2D eigenvalue weighted by atomic mass is 9.93. The largest absolute Gasteiger partial charge is 0.495 e. The fourth-order valence-corrected chi connectivity index (χ4v) is 4.79. The van der Waals surface area contributed by atoms with Gasteiger partial charge in [-0.25, -0.2) is 4.98 Å². The number of methoxy groups -OCH3 is 2. The molecule has 160 valence electrons. The van der Waals surface area contributed by atoms with Crippen LogP contribution in [0.3, 0.4) is 0 Å². The summed E-state index contributed by atoms with van der Waals surface area (Å²) in [5.41, 5.74) is 3.82. The van der Waals surface area contributed by atoms with Crippen molar-refractivity contribution >= 4 is 34.3 Å². The highest BCUT2D eigenvalue weighted by atomic mass is 32.1. The summed E-state index contributed by atoms with van der Waals surface area (Å²) in [5, 5.41) is 16.6. The van der Waals surface area contributed by atoms with E-state index in [4.69, 9.17) is 9.47 Å². The number of allylic oxidation sites excluding steroid dienone is 1. The summed E-state index contributed by atoms with van der Waals surface area (Å²) in [7, 11) is 3.01. The number of hydrogen-bond acceptors (Lipinski definition) is 8. The third-order valence-corrected chi connectivity index (χ3v) is 6.43. The number of nitriles is 1. The number of piperidine rings is 1. The monoisotopic (exact) mass is 438 g/mol. The highest BCUT2D eigenvalue weighted by molar-refractivity contribution is 7.08. The molecule has 1 unspecified atom stereocenters. The summed E-state index contributed by atoms with van der Waals surface area (Å²) in [6.45, 7) is 1.12. The molecule has 1 N–H and O–H groups in total. The van der Waals surface area contributed by atoms with Crippen LogP contribution in [0.15, 0.2) is 28.6 Å². The molecule has 2 aliphatic heterocycles. The number of pyridine rings is 1. The number of Topliss-reactive ketones (excluding diaryl/α,β-unsaturated/α-hetero) is 1. The molecular weight excluding hydrogens is 416 g/mol. The normalized spacial score (nSPS) is 17.4.